The summed E-state index contributed by atoms with van der Waals surface area (Å²) in [6.45, 7) is 1.08. The Kier molecular flexibility index (Phi) is 10.5. The Bertz CT molecular complexity index is 1090. The number of carbonyl (C=O) groups excluding carboxylic acids is 2. The average Bonchev–Trinajstić information content (AvgIpc) is 3.44. The number of rotatable bonds is 11. The molecule has 0 aliphatic carbocycles. The minimum Gasteiger partial charge on any atom is -0.493 e. The molecule has 0 bridgehead atoms. The van der Waals surface area contributed by atoms with E-state index in [2.05, 4.69) is 10.6 Å². The van der Waals surface area contributed by atoms with Gasteiger partial charge in [-0.25, -0.2) is 4.79 Å². The molecule has 2 aliphatic heterocycles. The lowest BCUT2D eigenvalue weighted by atomic mass is 9.99. The SMILES string of the molecule is COc1cc(C2(COC(=O)O[C@H]3CN[C@H](C(=O)NCCc4ccccc4)C3)CSCCS2)cc(OC)c1OC. The summed E-state index contributed by atoms with van der Waals surface area (Å²) in [4.78, 5) is 25.3. The van der Waals surface area contributed by atoms with Gasteiger partial charge in [-0.05, 0) is 29.7 Å². The van der Waals surface area contributed by atoms with E-state index >= 15 is 0 Å². The van der Waals surface area contributed by atoms with Crippen LogP contribution in [0.3, 0.4) is 0 Å². The first-order chi connectivity index (χ1) is 19.0. The molecular weight excluding hydrogens is 540 g/mol. The van der Waals surface area contributed by atoms with E-state index < -0.39 is 23.0 Å². The van der Waals surface area contributed by atoms with E-state index in [0.717, 1.165) is 29.2 Å². The van der Waals surface area contributed by atoms with Gasteiger partial charge >= 0.3 is 6.16 Å². The molecule has 1 unspecified atom stereocenters. The molecule has 2 aromatic carbocycles. The molecule has 0 aromatic heterocycles. The molecule has 0 saturated carbocycles. The summed E-state index contributed by atoms with van der Waals surface area (Å²) >= 11 is 3.55. The van der Waals surface area contributed by atoms with Gasteiger partial charge in [-0.2, -0.15) is 11.8 Å². The Labute approximate surface area is 238 Å². The fourth-order valence-electron chi connectivity index (χ4n) is 4.69. The Morgan fingerprint density at radius 3 is 2.44 bits per heavy atom. The van der Waals surface area contributed by atoms with Gasteiger partial charge in [-0.15, -0.1) is 11.8 Å². The maximum absolute atomic E-state index is 12.7. The molecule has 1 amide bonds. The second-order valence-corrected chi connectivity index (χ2v) is 11.9. The van der Waals surface area contributed by atoms with E-state index in [1.807, 2.05) is 42.5 Å². The summed E-state index contributed by atoms with van der Waals surface area (Å²) in [5, 5.41) is 6.10. The maximum Gasteiger partial charge on any atom is 0.508 e. The monoisotopic (exact) mass is 576 g/mol. The molecule has 0 radical (unpaired) electrons. The van der Waals surface area contributed by atoms with Crippen molar-refractivity contribution in [3.05, 3.63) is 53.6 Å². The highest BCUT2D eigenvalue weighted by Gasteiger charge is 2.39. The lowest BCUT2D eigenvalue weighted by Gasteiger charge is -2.36. The highest BCUT2D eigenvalue weighted by molar-refractivity contribution is 8.06. The fourth-order valence-corrected chi connectivity index (χ4v) is 7.62. The minimum absolute atomic E-state index is 0.0950. The van der Waals surface area contributed by atoms with Gasteiger partial charge in [0.2, 0.25) is 11.7 Å². The Hall–Kier alpha value is -2.76. The largest absolute Gasteiger partial charge is 0.508 e. The quantitative estimate of drug-likeness (QED) is 0.386. The van der Waals surface area contributed by atoms with Gasteiger partial charge < -0.3 is 34.3 Å². The molecule has 4 rings (SSSR count). The topological polar surface area (TPSA) is 104 Å². The number of hydrogen-bond acceptors (Lipinski definition) is 10. The molecule has 212 valence electrons. The van der Waals surface area contributed by atoms with Gasteiger partial charge in [0.1, 0.15) is 12.7 Å². The first-order valence-electron chi connectivity index (χ1n) is 12.9. The summed E-state index contributed by atoms with van der Waals surface area (Å²) in [5.74, 6) is 4.20. The summed E-state index contributed by atoms with van der Waals surface area (Å²) in [5.41, 5.74) is 2.09. The third kappa shape index (κ3) is 7.46. The predicted octanol–water partition coefficient (Wildman–Crippen LogP) is 3.63. The van der Waals surface area contributed by atoms with Crippen molar-refractivity contribution >= 4 is 35.6 Å². The number of benzene rings is 2. The predicted molar refractivity (Wildman–Crippen MR) is 153 cm³/mol. The highest BCUT2D eigenvalue weighted by atomic mass is 32.2. The zero-order chi connectivity index (χ0) is 27.7. The minimum atomic E-state index is -0.741. The first kappa shape index (κ1) is 29.2. The number of methoxy groups -OCH3 is 3. The lowest BCUT2D eigenvalue weighted by Crippen LogP contribution is -2.41. The molecule has 2 aliphatic rings. The van der Waals surface area contributed by atoms with Gasteiger partial charge in [0.25, 0.3) is 0 Å². The van der Waals surface area contributed by atoms with E-state index in [0.29, 0.717) is 36.8 Å². The van der Waals surface area contributed by atoms with Crippen LogP contribution in [0.15, 0.2) is 42.5 Å². The Morgan fingerprint density at radius 1 is 1.05 bits per heavy atom. The molecule has 39 heavy (non-hydrogen) atoms. The van der Waals surface area contributed by atoms with Crippen LogP contribution in [0.5, 0.6) is 17.2 Å². The van der Waals surface area contributed by atoms with Crippen LogP contribution in [0.2, 0.25) is 0 Å². The summed E-state index contributed by atoms with van der Waals surface area (Å²) in [6.07, 6.45) is -0.0208. The van der Waals surface area contributed by atoms with Crippen LogP contribution in [-0.4, -0.2) is 82.5 Å². The van der Waals surface area contributed by atoms with Gasteiger partial charge in [-0.1, -0.05) is 30.3 Å². The average molecular weight is 577 g/mol. The van der Waals surface area contributed by atoms with E-state index in [9.17, 15) is 9.59 Å². The van der Waals surface area contributed by atoms with Crippen LogP contribution >= 0.6 is 23.5 Å². The standard InChI is InChI=1S/C28H36N2O7S2/c1-33-23-13-20(14-24(34-2)25(23)35-3)28(18-38-11-12-39-28)17-36-27(32)37-21-15-22(30-16-21)26(31)29-10-9-19-7-5-4-6-8-19/h4-8,13-14,21-22,30H,9-12,15-18H2,1-3H3,(H,29,31)/t21-,22+,28?/m1/s1. The molecule has 2 fully saturated rings. The van der Waals surface area contributed by atoms with Crippen molar-refractivity contribution in [2.45, 2.75) is 29.7 Å². The fraction of sp³-hybridized carbons (Fsp3) is 0.500. The van der Waals surface area contributed by atoms with Crippen LogP contribution < -0.4 is 24.8 Å². The number of thioether (sulfide) groups is 2. The highest BCUT2D eigenvalue weighted by Crippen LogP contribution is 2.48. The van der Waals surface area contributed by atoms with Crippen LogP contribution in [0, 0.1) is 0 Å². The zero-order valence-corrected chi connectivity index (χ0v) is 24.2. The third-order valence-corrected chi connectivity index (χ3v) is 9.87. The lowest BCUT2D eigenvalue weighted by molar-refractivity contribution is -0.122. The molecule has 11 heteroatoms. The van der Waals surface area contributed by atoms with Crippen molar-refractivity contribution in [2.75, 3.05) is 58.3 Å². The van der Waals surface area contributed by atoms with Crippen molar-refractivity contribution in [2.24, 2.45) is 0 Å². The van der Waals surface area contributed by atoms with E-state index in [4.69, 9.17) is 23.7 Å². The van der Waals surface area contributed by atoms with Crippen molar-refractivity contribution in [1.29, 1.82) is 0 Å². The van der Waals surface area contributed by atoms with Crippen LogP contribution in [0.25, 0.3) is 0 Å². The number of hydrogen-bond donors (Lipinski definition) is 2. The Balaban J connectivity index is 1.31. The van der Waals surface area contributed by atoms with Crippen LogP contribution in [0.1, 0.15) is 17.5 Å². The van der Waals surface area contributed by atoms with Crippen molar-refractivity contribution in [3.63, 3.8) is 0 Å². The van der Waals surface area contributed by atoms with Gasteiger partial charge in [-0.3, -0.25) is 4.79 Å². The number of carbonyl (C=O) groups is 2. The zero-order valence-electron chi connectivity index (χ0n) is 22.5. The molecule has 2 heterocycles. The molecular formula is C28H36N2O7S2. The van der Waals surface area contributed by atoms with Crippen molar-refractivity contribution in [3.8, 4) is 17.2 Å². The molecule has 3 atom stereocenters. The van der Waals surface area contributed by atoms with Gasteiger partial charge in [0.05, 0.1) is 32.1 Å². The summed E-state index contributed by atoms with van der Waals surface area (Å²) < 4.78 is 27.3. The van der Waals surface area contributed by atoms with Crippen molar-refractivity contribution in [1.82, 2.24) is 10.6 Å². The number of nitrogens with one attached hydrogen (secondary N) is 2. The number of amides is 1. The number of ether oxygens (including phenoxy) is 5. The Morgan fingerprint density at radius 2 is 1.79 bits per heavy atom. The van der Waals surface area contributed by atoms with Gasteiger partial charge in [0.15, 0.2) is 11.5 Å². The summed E-state index contributed by atoms with van der Waals surface area (Å²) in [7, 11) is 4.73. The van der Waals surface area contributed by atoms with Crippen LogP contribution in [0.4, 0.5) is 4.79 Å². The van der Waals surface area contributed by atoms with E-state index in [1.165, 1.54) is 5.56 Å². The van der Waals surface area contributed by atoms with Crippen molar-refractivity contribution < 1.29 is 33.3 Å². The molecule has 2 saturated heterocycles. The van der Waals surface area contributed by atoms with E-state index in [1.54, 1.807) is 44.9 Å². The first-order valence-corrected chi connectivity index (χ1v) is 15.0. The molecule has 2 N–H and O–H groups in total. The van der Waals surface area contributed by atoms with Crippen LogP contribution in [-0.2, 0) is 25.4 Å². The smallest absolute Gasteiger partial charge is 0.493 e. The second-order valence-electron chi connectivity index (χ2n) is 9.31. The van der Waals surface area contributed by atoms with Gasteiger partial charge in [0, 0.05) is 36.8 Å². The summed E-state index contributed by atoms with van der Waals surface area (Å²) in [6, 6.07) is 13.4. The maximum atomic E-state index is 12.7. The molecule has 0 spiro atoms. The normalized spacial score (nSPS) is 22.5. The molecule has 2 aromatic rings. The second kappa shape index (κ2) is 14.0. The molecule has 9 nitrogen and oxygen atoms in total. The third-order valence-electron chi connectivity index (χ3n) is 6.78. The van der Waals surface area contributed by atoms with E-state index in [-0.39, 0.29) is 12.5 Å².